The molecule has 1 saturated heterocycles. The van der Waals surface area contributed by atoms with Gasteiger partial charge in [-0.05, 0) is 25.0 Å². The van der Waals surface area contributed by atoms with Crippen molar-refractivity contribution in [1.82, 2.24) is 4.98 Å². The zero-order valence-electron chi connectivity index (χ0n) is 11.3. The molecule has 0 radical (unpaired) electrons. The van der Waals surface area contributed by atoms with Crippen LogP contribution in [0.4, 0.5) is 11.4 Å². The molecule has 6 heteroatoms. The van der Waals surface area contributed by atoms with E-state index in [-0.39, 0.29) is 12.7 Å². The number of aliphatic hydroxyl groups is 1. The van der Waals surface area contributed by atoms with Gasteiger partial charge in [-0.15, -0.1) is 11.3 Å². The minimum Gasteiger partial charge on any atom is -0.395 e. The van der Waals surface area contributed by atoms with Gasteiger partial charge in [0.1, 0.15) is 5.52 Å². The summed E-state index contributed by atoms with van der Waals surface area (Å²) in [4.78, 5) is 6.64. The normalized spacial score (nSPS) is 16.9. The number of piperidine rings is 1. The molecule has 1 aromatic heterocycles. The average Bonchev–Trinajstić information content (AvgIpc) is 2.96. The van der Waals surface area contributed by atoms with Gasteiger partial charge in [0, 0.05) is 13.1 Å². The lowest BCUT2D eigenvalue weighted by Gasteiger charge is -2.34. The van der Waals surface area contributed by atoms with E-state index in [2.05, 4.69) is 22.0 Å². The summed E-state index contributed by atoms with van der Waals surface area (Å²) >= 11 is 1.61. The van der Waals surface area contributed by atoms with E-state index in [9.17, 15) is 0 Å². The Bertz CT molecular complexity index is 579. The molecule has 0 aliphatic carbocycles. The van der Waals surface area contributed by atoms with Crippen LogP contribution in [0.15, 0.2) is 17.6 Å². The van der Waals surface area contributed by atoms with Crippen molar-refractivity contribution in [1.29, 1.82) is 0 Å². The maximum atomic E-state index is 8.79. The molecular formula is C14H19N3O2S. The number of nitrogen functional groups attached to an aromatic ring is 1. The van der Waals surface area contributed by atoms with Crippen molar-refractivity contribution in [2.24, 2.45) is 0 Å². The van der Waals surface area contributed by atoms with Crippen molar-refractivity contribution in [3.8, 4) is 0 Å². The highest BCUT2D eigenvalue weighted by atomic mass is 32.1. The monoisotopic (exact) mass is 293 g/mol. The third-order valence-electron chi connectivity index (χ3n) is 3.75. The summed E-state index contributed by atoms with van der Waals surface area (Å²) in [6.45, 7) is 2.37. The molecule has 2 heterocycles. The molecular weight excluding hydrogens is 274 g/mol. The van der Waals surface area contributed by atoms with Crippen molar-refractivity contribution < 1.29 is 9.84 Å². The number of nitrogens with two attached hydrogens (primary N) is 1. The van der Waals surface area contributed by atoms with Gasteiger partial charge in [-0.3, -0.25) is 0 Å². The number of hydrogen-bond donors (Lipinski definition) is 2. The molecule has 108 valence electrons. The van der Waals surface area contributed by atoms with E-state index < -0.39 is 0 Å². The maximum Gasteiger partial charge on any atom is 0.106 e. The second kappa shape index (κ2) is 5.95. The van der Waals surface area contributed by atoms with Gasteiger partial charge in [-0.25, -0.2) is 4.98 Å². The van der Waals surface area contributed by atoms with Crippen LogP contribution in [0.25, 0.3) is 10.2 Å². The van der Waals surface area contributed by atoms with Crippen LogP contribution in [-0.2, 0) is 4.74 Å². The fraction of sp³-hybridized carbons (Fsp3) is 0.500. The fourth-order valence-corrected chi connectivity index (χ4v) is 3.39. The molecule has 1 aromatic carbocycles. The quantitative estimate of drug-likeness (QED) is 0.842. The standard InChI is InChI=1S/C14H19N3O2S/c15-13-11(1-2-12-14(13)16-9-20-12)17-5-3-10(4-6-17)19-8-7-18/h1-2,9-10,18H,3-8,15H2. The molecule has 0 unspecified atom stereocenters. The van der Waals surface area contributed by atoms with E-state index >= 15 is 0 Å². The Morgan fingerprint density at radius 1 is 1.40 bits per heavy atom. The number of rotatable bonds is 4. The number of fused-ring (bicyclic) bond motifs is 1. The zero-order chi connectivity index (χ0) is 13.9. The molecule has 3 rings (SSSR count). The minimum absolute atomic E-state index is 0.0909. The van der Waals surface area contributed by atoms with Gasteiger partial charge in [0.2, 0.25) is 0 Å². The lowest BCUT2D eigenvalue weighted by atomic mass is 10.1. The smallest absolute Gasteiger partial charge is 0.106 e. The Morgan fingerprint density at radius 2 is 2.20 bits per heavy atom. The fourth-order valence-electron chi connectivity index (χ4n) is 2.70. The predicted octanol–water partition coefficient (Wildman–Crippen LogP) is 1.86. The van der Waals surface area contributed by atoms with E-state index in [1.807, 2.05) is 5.51 Å². The number of anilines is 2. The Balaban J connectivity index is 1.71. The van der Waals surface area contributed by atoms with E-state index in [4.69, 9.17) is 15.6 Å². The Labute approximate surface area is 122 Å². The highest BCUT2D eigenvalue weighted by Crippen LogP contribution is 2.34. The van der Waals surface area contributed by atoms with Crippen LogP contribution in [0.2, 0.25) is 0 Å². The minimum atomic E-state index is 0.0909. The molecule has 1 aliphatic rings. The van der Waals surface area contributed by atoms with E-state index in [1.165, 1.54) is 0 Å². The number of aromatic nitrogens is 1. The van der Waals surface area contributed by atoms with E-state index in [0.29, 0.717) is 6.61 Å². The molecule has 0 amide bonds. The molecule has 0 saturated carbocycles. The number of ether oxygens (including phenoxy) is 1. The lowest BCUT2D eigenvalue weighted by molar-refractivity contribution is 0.0159. The molecule has 1 aliphatic heterocycles. The van der Waals surface area contributed by atoms with Gasteiger partial charge in [-0.1, -0.05) is 0 Å². The van der Waals surface area contributed by atoms with Crippen molar-refractivity contribution in [2.75, 3.05) is 36.9 Å². The summed E-state index contributed by atoms with van der Waals surface area (Å²) in [5.74, 6) is 0. The Morgan fingerprint density at radius 3 is 2.95 bits per heavy atom. The summed E-state index contributed by atoms with van der Waals surface area (Å²) in [6, 6.07) is 4.18. The van der Waals surface area contributed by atoms with Crippen LogP contribution < -0.4 is 10.6 Å². The molecule has 1 fully saturated rings. The topological polar surface area (TPSA) is 71.6 Å². The number of nitrogens with zero attached hydrogens (tertiary/aromatic N) is 2. The van der Waals surface area contributed by atoms with Crippen LogP contribution in [0.5, 0.6) is 0 Å². The van der Waals surface area contributed by atoms with Crippen LogP contribution in [0.3, 0.4) is 0 Å². The maximum absolute atomic E-state index is 8.79. The van der Waals surface area contributed by atoms with Crippen LogP contribution in [-0.4, -0.2) is 42.5 Å². The summed E-state index contributed by atoms with van der Waals surface area (Å²) in [5, 5.41) is 8.79. The summed E-state index contributed by atoms with van der Waals surface area (Å²) < 4.78 is 6.72. The highest BCUT2D eigenvalue weighted by molar-refractivity contribution is 7.16. The third kappa shape index (κ3) is 2.59. The first-order valence-electron chi connectivity index (χ1n) is 6.88. The molecule has 2 aromatic rings. The molecule has 3 N–H and O–H groups in total. The molecule has 0 bridgehead atoms. The molecule has 0 spiro atoms. The molecule has 20 heavy (non-hydrogen) atoms. The van der Waals surface area contributed by atoms with Crippen LogP contribution >= 0.6 is 11.3 Å². The van der Waals surface area contributed by atoms with Gasteiger partial charge < -0.3 is 20.5 Å². The largest absolute Gasteiger partial charge is 0.395 e. The number of hydrogen-bond acceptors (Lipinski definition) is 6. The lowest BCUT2D eigenvalue weighted by Crippen LogP contribution is -2.37. The first-order chi connectivity index (χ1) is 9.79. The van der Waals surface area contributed by atoms with Gasteiger partial charge in [0.05, 0.1) is 40.9 Å². The van der Waals surface area contributed by atoms with Crippen LogP contribution in [0.1, 0.15) is 12.8 Å². The SMILES string of the molecule is Nc1c(N2CCC(OCCO)CC2)ccc2scnc12. The average molecular weight is 293 g/mol. The van der Waals surface area contributed by atoms with E-state index in [0.717, 1.165) is 47.5 Å². The first kappa shape index (κ1) is 13.6. The highest BCUT2D eigenvalue weighted by Gasteiger charge is 2.21. The molecule has 0 atom stereocenters. The van der Waals surface area contributed by atoms with Crippen molar-refractivity contribution in [3.63, 3.8) is 0 Å². The number of benzene rings is 1. The van der Waals surface area contributed by atoms with Crippen LogP contribution in [0, 0.1) is 0 Å². The van der Waals surface area contributed by atoms with Gasteiger partial charge in [0.25, 0.3) is 0 Å². The van der Waals surface area contributed by atoms with Crippen molar-refractivity contribution in [3.05, 3.63) is 17.6 Å². The molecule has 5 nitrogen and oxygen atoms in total. The third-order valence-corrected chi connectivity index (χ3v) is 4.54. The summed E-state index contributed by atoms with van der Waals surface area (Å²) in [6.07, 6.45) is 2.19. The summed E-state index contributed by atoms with van der Waals surface area (Å²) in [7, 11) is 0. The zero-order valence-corrected chi connectivity index (χ0v) is 12.1. The Hall–Kier alpha value is -1.37. The van der Waals surface area contributed by atoms with Gasteiger partial charge in [0.15, 0.2) is 0 Å². The predicted molar refractivity (Wildman–Crippen MR) is 82.3 cm³/mol. The van der Waals surface area contributed by atoms with Crippen molar-refractivity contribution >= 4 is 32.9 Å². The Kier molecular flexibility index (Phi) is 4.05. The van der Waals surface area contributed by atoms with E-state index in [1.54, 1.807) is 11.3 Å². The second-order valence-corrected chi connectivity index (χ2v) is 5.86. The van der Waals surface area contributed by atoms with Crippen molar-refractivity contribution in [2.45, 2.75) is 18.9 Å². The first-order valence-corrected chi connectivity index (χ1v) is 7.76. The number of aliphatic hydroxyl groups excluding tert-OH is 1. The van der Waals surface area contributed by atoms with Gasteiger partial charge >= 0.3 is 0 Å². The summed E-state index contributed by atoms with van der Waals surface area (Å²) in [5.41, 5.74) is 10.8. The second-order valence-electron chi connectivity index (χ2n) is 4.98. The van der Waals surface area contributed by atoms with Gasteiger partial charge in [-0.2, -0.15) is 0 Å². The number of thiazole rings is 1.